The van der Waals surface area contributed by atoms with Crippen LogP contribution in [0.5, 0.6) is 0 Å². The maximum absolute atomic E-state index is 5.93. The number of pyridine rings is 1. The van der Waals surface area contributed by atoms with Crippen molar-refractivity contribution >= 4 is 34.5 Å². The van der Waals surface area contributed by atoms with Gasteiger partial charge in [0.2, 0.25) is 0 Å². The van der Waals surface area contributed by atoms with Gasteiger partial charge >= 0.3 is 0 Å². The lowest BCUT2D eigenvalue weighted by Crippen LogP contribution is -2.35. The number of thioether (sulfide) groups is 1. The Kier molecular flexibility index (Phi) is 5.03. The molecule has 1 saturated heterocycles. The summed E-state index contributed by atoms with van der Waals surface area (Å²) in [7, 11) is 0. The normalized spacial score (nSPS) is 16.7. The molecule has 0 spiro atoms. The molecule has 3 rings (SSSR count). The van der Waals surface area contributed by atoms with Gasteiger partial charge in [-0.15, -0.1) is 11.6 Å². The molecule has 6 heteroatoms. The Bertz CT molecular complexity index is 607. The van der Waals surface area contributed by atoms with Gasteiger partial charge in [-0.2, -0.15) is 11.8 Å². The van der Waals surface area contributed by atoms with Gasteiger partial charge in [-0.25, -0.2) is 9.97 Å². The molecule has 0 amide bonds. The predicted molar refractivity (Wildman–Crippen MR) is 90.5 cm³/mol. The largest absolute Gasteiger partial charge is 0.311 e. The van der Waals surface area contributed by atoms with E-state index in [1.807, 2.05) is 24.8 Å². The van der Waals surface area contributed by atoms with Crippen LogP contribution in [0.15, 0.2) is 12.1 Å². The van der Waals surface area contributed by atoms with E-state index in [9.17, 15) is 0 Å². The monoisotopic (exact) mass is 324 g/mol. The molecule has 21 heavy (non-hydrogen) atoms. The zero-order chi connectivity index (χ0) is 14.7. The van der Waals surface area contributed by atoms with E-state index in [-0.39, 0.29) is 0 Å². The molecule has 1 aliphatic rings. The molecule has 3 heterocycles. The second-order valence-corrected chi connectivity index (χ2v) is 6.97. The summed E-state index contributed by atoms with van der Waals surface area (Å²) in [6.45, 7) is 6.42. The van der Waals surface area contributed by atoms with Crippen LogP contribution in [-0.4, -0.2) is 56.5 Å². The standard InChI is InChI=1S/C15H21ClN4S/c1-12-2-3-13-15(17-12)20(14(18-13)4-5-16)7-6-19-8-10-21-11-9-19/h2-3H,4-11H2,1H3. The van der Waals surface area contributed by atoms with Crippen LogP contribution in [0.25, 0.3) is 11.2 Å². The van der Waals surface area contributed by atoms with Crippen LogP contribution in [0.3, 0.4) is 0 Å². The van der Waals surface area contributed by atoms with Gasteiger partial charge in [-0.1, -0.05) is 0 Å². The minimum atomic E-state index is 0.600. The second kappa shape index (κ2) is 6.99. The first-order valence-corrected chi connectivity index (χ1v) is 9.15. The van der Waals surface area contributed by atoms with E-state index in [0.29, 0.717) is 5.88 Å². The average molecular weight is 325 g/mol. The quantitative estimate of drug-likeness (QED) is 0.792. The Morgan fingerprint density at radius 3 is 2.76 bits per heavy atom. The molecule has 0 saturated carbocycles. The van der Waals surface area contributed by atoms with Crippen LogP contribution in [-0.2, 0) is 13.0 Å². The highest BCUT2D eigenvalue weighted by atomic mass is 35.5. The minimum Gasteiger partial charge on any atom is -0.311 e. The summed E-state index contributed by atoms with van der Waals surface area (Å²) in [4.78, 5) is 11.9. The highest BCUT2D eigenvalue weighted by molar-refractivity contribution is 7.99. The van der Waals surface area contributed by atoms with Crippen molar-refractivity contribution in [3.05, 3.63) is 23.7 Å². The van der Waals surface area contributed by atoms with Crippen LogP contribution < -0.4 is 0 Å². The zero-order valence-corrected chi connectivity index (χ0v) is 14.0. The van der Waals surface area contributed by atoms with Crippen molar-refractivity contribution in [3.63, 3.8) is 0 Å². The predicted octanol–water partition coefficient (Wildman–Crippen LogP) is 2.57. The molecule has 0 aliphatic carbocycles. The molecule has 2 aromatic rings. The number of hydrogen-bond acceptors (Lipinski definition) is 4. The topological polar surface area (TPSA) is 34.0 Å². The molecular formula is C15H21ClN4S. The lowest BCUT2D eigenvalue weighted by atomic mass is 10.3. The Hall–Kier alpha value is -0.780. The fraction of sp³-hybridized carbons (Fsp3) is 0.600. The van der Waals surface area contributed by atoms with Gasteiger partial charge in [0.1, 0.15) is 11.3 Å². The van der Waals surface area contributed by atoms with E-state index in [0.717, 1.165) is 42.2 Å². The van der Waals surface area contributed by atoms with Crippen molar-refractivity contribution in [2.24, 2.45) is 0 Å². The maximum atomic E-state index is 5.93. The highest BCUT2D eigenvalue weighted by Crippen LogP contribution is 2.17. The molecule has 1 aliphatic heterocycles. The second-order valence-electron chi connectivity index (χ2n) is 5.37. The van der Waals surface area contributed by atoms with Crippen molar-refractivity contribution in [1.82, 2.24) is 19.4 Å². The van der Waals surface area contributed by atoms with Gasteiger partial charge in [0.05, 0.1) is 0 Å². The van der Waals surface area contributed by atoms with E-state index in [1.165, 1.54) is 24.6 Å². The number of aromatic nitrogens is 3. The molecule has 0 bridgehead atoms. The fourth-order valence-corrected chi connectivity index (χ4v) is 3.87. The molecule has 2 aromatic heterocycles. The summed E-state index contributed by atoms with van der Waals surface area (Å²) in [5, 5.41) is 0. The number of halogens is 1. The Labute approximate surface area is 134 Å². The molecule has 4 nitrogen and oxygen atoms in total. The number of aryl methyl sites for hydroxylation is 2. The van der Waals surface area contributed by atoms with E-state index in [1.54, 1.807) is 0 Å². The summed E-state index contributed by atoms with van der Waals surface area (Å²) in [6.07, 6.45) is 0.798. The molecule has 0 atom stereocenters. The third-order valence-corrected chi connectivity index (χ3v) is 5.00. The van der Waals surface area contributed by atoms with Crippen molar-refractivity contribution in [1.29, 1.82) is 0 Å². The maximum Gasteiger partial charge on any atom is 0.160 e. The fourth-order valence-electron chi connectivity index (χ4n) is 2.72. The summed E-state index contributed by atoms with van der Waals surface area (Å²) in [5.41, 5.74) is 3.02. The van der Waals surface area contributed by atoms with Gasteiger partial charge in [0.25, 0.3) is 0 Å². The van der Waals surface area contributed by atoms with Crippen LogP contribution in [0.2, 0.25) is 0 Å². The van der Waals surface area contributed by atoms with Gasteiger partial charge in [0.15, 0.2) is 5.65 Å². The van der Waals surface area contributed by atoms with Crippen molar-refractivity contribution in [3.8, 4) is 0 Å². The zero-order valence-electron chi connectivity index (χ0n) is 12.4. The Morgan fingerprint density at radius 2 is 2.00 bits per heavy atom. The Balaban J connectivity index is 1.83. The number of nitrogens with zero attached hydrogens (tertiary/aromatic N) is 4. The first-order chi connectivity index (χ1) is 10.3. The third kappa shape index (κ3) is 3.52. The lowest BCUT2D eigenvalue weighted by molar-refractivity contribution is 0.289. The van der Waals surface area contributed by atoms with Crippen LogP contribution >= 0.6 is 23.4 Å². The van der Waals surface area contributed by atoms with Crippen molar-refractivity contribution in [2.75, 3.05) is 37.0 Å². The SMILES string of the molecule is Cc1ccc2nc(CCCl)n(CCN3CCSCC3)c2n1. The summed E-state index contributed by atoms with van der Waals surface area (Å²) in [6, 6.07) is 4.08. The van der Waals surface area contributed by atoms with E-state index >= 15 is 0 Å². The number of hydrogen-bond donors (Lipinski definition) is 0. The van der Waals surface area contributed by atoms with Gasteiger partial charge in [-0.3, -0.25) is 4.90 Å². The number of fused-ring (bicyclic) bond motifs is 1. The molecule has 0 unspecified atom stereocenters. The van der Waals surface area contributed by atoms with Crippen molar-refractivity contribution in [2.45, 2.75) is 19.9 Å². The molecular weight excluding hydrogens is 304 g/mol. The van der Waals surface area contributed by atoms with Crippen LogP contribution in [0.1, 0.15) is 11.5 Å². The number of imidazole rings is 1. The van der Waals surface area contributed by atoms with Crippen molar-refractivity contribution < 1.29 is 0 Å². The average Bonchev–Trinajstić information content (AvgIpc) is 2.83. The number of rotatable bonds is 5. The van der Waals surface area contributed by atoms with Gasteiger partial charge in [0, 0.05) is 55.7 Å². The lowest BCUT2D eigenvalue weighted by Gasteiger charge is -2.26. The van der Waals surface area contributed by atoms with E-state index < -0.39 is 0 Å². The van der Waals surface area contributed by atoms with Crippen LogP contribution in [0.4, 0.5) is 0 Å². The van der Waals surface area contributed by atoms with E-state index in [2.05, 4.69) is 20.5 Å². The summed E-state index contributed by atoms with van der Waals surface area (Å²) < 4.78 is 2.26. The van der Waals surface area contributed by atoms with Gasteiger partial charge < -0.3 is 4.57 Å². The molecule has 0 radical (unpaired) electrons. The number of alkyl halides is 1. The molecule has 0 aromatic carbocycles. The smallest absolute Gasteiger partial charge is 0.160 e. The van der Waals surface area contributed by atoms with Gasteiger partial charge in [-0.05, 0) is 19.1 Å². The minimum absolute atomic E-state index is 0.600. The van der Waals surface area contributed by atoms with Crippen LogP contribution in [0, 0.1) is 6.92 Å². The highest BCUT2D eigenvalue weighted by Gasteiger charge is 2.14. The first-order valence-electron chi connectivity index (χ1n) is 7.47. The molecule has 0 N–H and O–H groups in total. The summed E-state index contributed by atoms with van der Waals surface area (Å²) in [5.74, 6) is 4.15. The Morgan fingerprint density at radius 1 is 1.19 bits per heavy atom. The molecule has 1 fully saturated rings. The molecule has 114 valence electrons. The van der Waals surface area contributed by atoms with E-state index in [4.69, 9.17) is 16.6 Å². The summed E-state index contributed by atoms with van der Waals surface area (Å²) >= 11 is 7.98. The first kappa shape index (κ1) is 15.1. The third-order valence-electron chi connectivity index (χ3n) is 3.87.